The van der Waals surface area contributed by atoms with E-state index in [0.717, 1.165) is 46.9 Å². The van der Waals surface area contributed by atoms with Crippen molar-refractivity contribution in [1.29, 1.82) is 0 Å². The van der Waals surface area contributed by atoms with Gasteiger partial charge in [-0.25, -0.2) is 4.79 Å². The summed E-state index contributed by atoms with van der Waals surface area (Å²) in [6, 6.07) is 13.5. The fourth-order valence-electron chi connectivity index (χ4n) is 6.06. The van der Waals surface area contributed by atoms with Gasteiger partial charge in [0.2, 0.25) is 17.7 Å². The first kappa shape index (κ1) is 40.6. The van der Waals surface area contributed by atoms with Gasteiger partial charge >= 0.3 is 6.09 Å². The molecule has 0 saturated carbocycles. The first-order valence-corrected chi connectivity index (χ1v) is 18.1. The summed E-state index contributed by atoms with van der Waals surface area (Å²) in [5.74, 6) is -1.52. The molecule has 12 nitrogen and oxygen atoms in total. The molecule has 2 aromatic carbocycles. The Morgan fingerprint density at radius 3 is 2.38 bits per heavy atom. The number of methoxy groups -OCH3 is 2. The number of carbonyl (C=O) groups is 4. The molecule has 0 bridgehead atoms. The summed E-state index contributed by atoms with van der Waals surface area (Å²) in [7, 11) is 4.48. The maximum Gasteiger partial charge on any atom is 0.410 e. The zero-order valence-corrected chi connectivity index (χ0v) is 31.1. The average molecular weight is 728 g/mol. The number of benzene rings is 2. The van der Waals surface area contributed by atoms with Crippen molar-refractivity contribution in [3.05, 3.63) is 108 Å². The number of nitrogens with zero attached hydrogens (tertiary/aromatic N) is 1. The number of aromatic nitrogens is 1. The first-order chi connectivity index (χ1) is 25.6. The van der Waals surface area contributed by atoms with E-state index in [1.54, 1.807) is 13.1 Å². The molecule has 4 rings (SSSR count). The van der Waals surface area contributed by atoms with Crippen LogP contribution in [0.5, 0.6) is 0 Å². The second kappa shape index (κ2) is 20.7. The number of rotatable bonds is 16. The Bertz CT molecular complexity index is 1730. The topological polar surface area (TPSA) is 151 Å². The van der Waals surface area contributed by atoms with Crippen LogP contribution in [-0.2, 0) is 41.6 Å². The maximum absolute atomic E-state index is 14.2. The summed E-state index contributed by atoms with van der Waals surface area (Å²) in [5.41, 5.74) is 3.23. The van der Waals surface area contributed by atoms with Crippen LogP contribution >= 0.6 is 0 Å². The first-order valence-electron chi connectivity index (χ1n) is 18.1. The van der Waals surface area contributed by atoms with E-state index in [1.165, 1.54) is 26.2 Å². The normalized spacial score (nSPS) is 17.6. The molecule has 284 valence electrons. The van der Waals surface area contributed by atoms with Crippen LogP contribution in [0.3, 0.4) is 0 Å². The zero-order chi connectivity index (χ0) is 38.2. The molecule has 0 spiro atoms. The highest BCUT2D eigenvalue weighted by molar-refractivity contribution is 5.94. The van der Waals surface area contributed by atoms with Crippen LogP contribution < -0.4 is 16.0 Å². The van der Waals surface area contributed by atoms with Gasteiger partial charge in [-0.05, 0) is 55.4 Å². The number of para-hydroxylation sites is 1. The fourth-order valence-corrected chi connectivity index (χ4v) is 6.06. The van der Waals surface area contributed by atoms with E-state index in [4.69, 9.17) is 14.2 Å². The third-order valence-electron chi connectivity index (χ3n) is 9.47. The molecule has 0 aliphatic heterocycles. The molecule has 1 aromatic heterocycles. The molecule has 1 heterocycles. The summed E-state index contributed by atoms with van der Waals surface area (Å²) < 4.78 is 16.2. The SMILES string of the molecule is C=C1/C=C\C=C/CCCC[C@H]1NC(=O)C(CCC(OC)OC)NC(=O)[C@H](Cc1c[nH]c2ccccc12)NC(=O)[C@H](C)N(C)C(=O)OCc1ccccc1. The van der Waals surface area contributed by atoms with Crippen LogP contribution in [0.15, 0.2) is 97.3 Å². The second-order valence-electron chi connectivity index (χ2n) is 13.2. The van der Waals surface area contributed by atoms with E-state index >= 15 is 0 Å². The number of likely N-dealkylation sites (N-methyl/N-ethyl adjacent to an activating group) is 1. The molecular weight excluding hydrogens is 674 g/mol. The Labute approximate surface area is 312 Å². The number of hydrogen-bond acceptors (Lipinski definition) is 7. The lowest BCUT2D eigenvalue weighted by atomic mass is 9.98. The summed E-state index contributed by atoms with van der Waals surface area (Å²) in [5, 5.41) is 9.77. The third-order valence-corrected chi connectivity index (χ3v) is 9.47. The predicted molar refractivity (Wildman–Crippen MR) is 205 cm³/mol. The van der Waals surface area contributed by atoms with Crippen LogP contribution in [0.25, 0.3) is 10.9 Å². The van der Waals surface area contributed by atoms with Gasteiger partial charge in [0.05, 0.1) is 6.04 Å². The van der Waals surface area contributed by atoms with E-state index in [2.05, 4.69) is 33.6 Å². The quantitative estimate of drug-likeness (QED) is 0.143. The Hall–Kier alpha value is -5.20. The Morgan fingerprint density at radius 2 is 1.62 bits per heavy atom. The lowest BCUT2D eigenvalue weighted by molar-refractivity contribution is -0.134. The minimum Gasteiger partial charge on any atom is -0.445 e. The van der Waals surface area contributed by atoms with E-state index in [1.807, 2.05) is 72.8 Å². The zero-order valence-electron chi connectivity index (χ0n) is 31.1. The molecule has 4 N–H and O–H groups in total. The van der Waals surface area contributed by atoms with Gasteiger partial charge < -0.3 is 35.1 Å². The highest BCUT2D eigenvalue weighted by atomic mass is 16.7. The van der Waals surface area contributed by atoms with Crippen molar-refractivity contribution in [2.45, 2.75) is 88.9 Å². The van der Waals surface area contributed by atoms with Crippen molar-refractivity contribution in [3.63, 3.8) is 0 Å². The molecule has 4 amide bonds. The van der Waals surface area contributed by atoms with E-state index < -0.39 is 42.3 Å². The largest absolute Gasteiger partial charge is 0.445 e. The molecule has 0 fully saturated rings. The number of H-pyrrole nitrogens is 1. The number of fused-ring (bicyclic) bond motifs is 1. The van der Waals surface area contributed by atoms with E-state index in [-0.39, 0.29) is 31.4 Å². The molecule has 1 unspecified atom stereocenters. The van der Waals surface area contributed by atoms with Gasteiger partial charge in [0, 0.05) is 51.2 Å². The van der Waals surface area contributed by atoms with Gasteiger partial charge in [0.15, 0.2) is 6.29 Å². The molecule has 12 heteroatoms. The molecule has 4 atom stereocenters. The predicted octanol–water partition coefficient (Wildman–Crippen LogP) is 5.46. The standard InChI is InChI=1S/C41H53N5O7/c1-28-17-11-8-6-7-9-14-21-33(28)43-39(48)35(23-24-37(51-4)52-5)44-40(49)36(25-31-26-42-34-22-16-15-20-32(31)34)45-38(47)29(2)46(3)41(50)53-27-30-18-12-10-13-19-30/h6,8,10-13,15-20,22,26,29,33,35-37,42H,1,7,9,14,21,23-25,27H2,2-5H3,(H,43,48)(H,44,49)(H,45,47)/b8-6-,17-11-/t29-,33+,35?,36-/m0/s1. The smallest absolute Gasteiger partial charge is 0.410 e. The molecule has 0 saturated heterocycles. The monoisotopic (exact) mass is 727 g/mol. The van der Waals surface area contributed by atoms with Crippen molar-refractivity contribution in [1.82, 2.24) is 25.8 Å². The van der Waals surface area contributed by atoms with Crippen molar-refractivity contribution in [2.24, 2.45) is 0 Å². The van der Waals surface area contributed by atoms with Crippen molar-refractivity contribution in [3.8, 4) is 0 Å². The molecular formula is C41H53N5O7. The number of nitrogens with one attached hydrogen (secondary N) is 4. The molecule has 53 heavy (non-hydrogen) atoms. The number of hydrogen-bond donors (Lipinski definition) is 4. The summed E-state index contributed by atoms with van der Waals surface area (Å²) in [6.07, 6.45) is 12.5. The van der Waals surface area contributed by atoms with Gasteiger partial charge in [-0.15, -0.1) is 0 Å². The van der Waals surface area contributed by atoms with E-state index in [0.29, 0.717) is 12.8 Å². The lowest BCUT2D eigenvalue weighted by Gasteiger charge is -2.28. The number of carbonyl (C=O) groups excluding carboxylic acids is 4. The van der Waals surface area contributed by atoms with Gasteiger partial charge in [-0.2, -0.15) is 0 Å². The number of ether oxygens (including phenoxy) is 3. The molecule has 3 aromatic rings. The third kappa shape index (κ3) is 12.2. The number of amides is 4. The van der Waals surface area contributed by atoms with Gasteiger partial charge in [0.25, 0.3) is 0 Å². The van der Waals surface area contributed by atoms with Crippen LogP contribution in [0.2, 0.25) is 0 Å². The molecule has 1 aliphatic rings. The van der Waals surface area contributed by atoms with Gasteiger partial charge in [-0.1, -0.05) is 85.8 Å². The average Bonchev–Trinajstić information content (AvgIpc) is 3.59. The van der Waals surface area contributed by atoms with Crippen LogP contribution in [0.4, 0.5) is 4.79 Å². The highest BCUT2D eigenvalue weighted by Gasteiger charge is 2.32. The summed E-state index contributed by atoms with van der Waals surface area (Å²) in [4.78, 5) is 59.2. The fraction of sp³-hybridized carbons (Fsp3) is 0.415. The highest BCUT2D eigenvalue weighted by Crippen LogP contribution is 2.20. The minimum atomic E-state index is -1.10. The Balaban J connectivity index is 1.54. The van der Waals surface area contributed by atoms with Crippen molar-refractivity contribution >= 4 is 34.7 Å². The Morgan fingerprint density at radius 1 is 0.906 bits per heavy atom. The second-order valence-corrected chi connectivity index (χ2v) is 13.2. The minimum absolute atomic E-state index is 0.0436. The van der Waals surface area contributed by atoms with Crippen LogP contribution in [-0.4, -0.2) is 85.4 Å². The molecule has 1 aliphatic carbocycles. The van der Waals surface area contributed by atoms with Gasteiger partial charge in [0.1, 0.15) is 24.7 Å². The number of aromatic amines is 1. The van der Waals surface area contributed by atoms with E-state index in [9.17, 15) is 19.2 Å². The Kier molecular flexibility index (Phi) is 15.9. The van der Waals surface area contributed by atoms with Crippen LogP contribution in [0.1, 0.15) is 56.6 Å². The number of allylic oxidation sites excluding steroid dienone is 3. The summed E-state index contributed by atoms with van der Waals surface area (Å²) in [6.45, 7) is 5.79. The summed E-state index contributed by atoms with van der Waals surface area (Å²) >= 11 is 0. The van der Waals surface area contributed by atoms with Crippen molar-refractivity contribution in [2.75, 3.05) is 21.3 Å². The van der Waals surface area contributed by atoms with Gasteiger partial charge in [-0.3, -0.25) is 19.3 Å². The lowest BCUT2D eigenvalue weighted by Crippen LogP contribution is -2.57. The maximum atomic E-state index is 14.2. The molecule has 0 radical (unpaired) electrons. The van der Waals surface area contributed by atoms with Crippen LogP contribution in [0, 0.1) is 0 Å². The van der Waals surface area contributed by atoms with Crippen molar-refractivity contribution < 1.29 is 33.4 Å².